The number of amides is 5. The fourth-order valence-corrected chi connectivity index (χ4v) is 8.22. The first-order valence-electron chi connectivity index (χ1n) is 19.0. The van der Waals surface area contributed by atoms with Crippen LogP contribution in [0.2, 0.25) is 5.02 Å². The van der Waals surface area contributed by atoms with Crippen LogP contribution < -0.4 is 15.4 Å². The number of aliphatic imine (C=N–C) groups is 1. The van der Waals surface area contributed by atoms with Crippen molar-refractivity contribution >= 4 is 58.6 Å². The second-order valence-electron chi connectivity index (χ2n) is 13.8. The zero-order valence-corrected chi connectivity index (χ0v) is 33.6. The number of methoxy groups -OCH3 is 1. The molecule has 3 aliphatic rings. The number of fused-ring (bicyclic) bond motifs is 4. The summed E-state index contributed by atoms with van der Waals surface area (Å²) in [4.78, 5) is 70.3. The van der Waals surface area contributed by atoms with Crippen LogP contribution in [-0.2, 0) is 23.9 Å². The topological polar surface area (TPSA) is 183 Å². The van der Waals surface area contributed by atoms with Gasteiger partial charge in [-0.05, 0) is 68.7 Å². The summed E-state index contributed by atoms with van der Waals surface area (Å²) in [7, 11) is 1.61. The molecule has 2 N–H and O–H groups in total. The van der Waals surface area contributed by atoms with Crippen molar-refractivity contribution in [3.05, 3.63) is 99.6 Å². The molecule has 302 valence electrons. The van der Waals surface area contributed by atoms with E-state index in [9.17, 15) is 24.0 Å². The Morgan fingerprint density at radius 1 is 0.948 bits per heavy atom. The number of carbonyl (C=O) groups is 5. The van der Waals surface area contributed by atoms with E-state index in [-0.39, 0.29) is 30.7 Å². The lowest BCUT2D eigenvalue weighted by Crippen LogP contribution is -2.54. The Morgan fingerprint density at radius 2 is 1.72 bits per heavy atom. The van der Waals surface area contributed by atoms with Crippen LogP contribution in [0.3, 0.4) is 0 Å². The number of ether oxygens (including phenoxy) is 3. The van der Waals surface area contributed by atoms with Gasteiger partial charge in [0.1, 0.15) is 23.7 Å². The van der Waals surface area contributed by atoms with Crippen LogP contribution in [0.15, 0.2) is 70.6 Å². The van der Waals surface area contributed by atoms with Gasteiger partial charge in [-0.2, -0.15) is 0 Å². The van der Waals surface area contributed by atoms with Crippen molar-refractivity contribution in [1.29, 1.82) is 0 Å². The minimum absolute atomic E-state index is 0.0648. The number of hydrogen-bond acceptors (Lipinski definition) is 12. The van der Waals surface area contributed by atoms with Crippen LogP contribution in [0.5, 0.6) is 5.75 Å². The quantitative estimate of drug-likeness (QED) is 0.0859. The van der Waals surface area contributed by atoms with Gasteiger partial charge in [-0.25, -0.2) is 0 Å². The molecule has 17 heteroatoms. The second-order valence-corrected chi connectivity index (χ2v) is 15.4. The fraction of sp³-hybridized carbons (Fsp3) is 0.366. The lowest BCUT2D eigenvalue weighted by atomic mass is 10.00. The number of aromatic nitrogens is 3. The highest BCUT2D eigenvalue weighted by Crippen LogP contribution is 2.36. The fourth-order valence-electron chi connectivity index (χ4n) is 7.10. The molecule has 7 rings (SSSR count). The summed E-state index contributed by atoms with van der Waals surface area (Å²) in [5.74, 6) is 0.293. The molecule has 4 aromatic rings. The lowest BCUT2D eigenvalue weighted by molar-refractivity contribution is -0.136. The van der Waals surface area contributed by atoms with E-state index in [2.05, 4.69) is 20.8 Å². The molecule has 1 fully saturated rings. The normalized spacial score (nSPS) is 17.3. The van der Waals surface area contributed by atoms with Gasteiger partial charge < -0.3 is 19.5 Å². The third-order valence-electron chi connectivity index (χ3n) is 9.91. The highest BCUT2D eigenvalue weighted by atomic mass is 35.5. The first kappa shape index (κ1) is 40.8. The van der Waals surface area contributed by atoms with Gasteiger partial charge in [0, 0.05) is 53.0 Å². The molecule has 1 unspecified atom stereocenters. The molecule has 15 nitrogen and oxygen atoms in total. The molecule has 1 saturated heterocycles. The number of nitrogens with zero attached hydrogens (tertiary/aromatic N) is 5. The Morgan fingerprint density at radius 3 is 2.48 bits per heavy atom. The molecule has 0 saturated carbocycles. The summed E-state index contributed by atoms with van der Waals surface area (Å²) >= 11 is 7.65. The van der Waals surface area contributed by atoms with Gasteiger partial charge in [0.2, 0.25) is 17.7 Å². The zero-order chi connectivity index (χ0) is 40.8. The van der Waals surface area contributed by atoms with E-state index in [1.807, 2.05) is 41.8 Å². The van der Waals surface area contributed by atoms with Crippen molar-refractivity contribution in [3.8, 4) is 11.4 Å². The average molecular weight is 828 g/mol. The first-order chi connectivity index (χ1) is 28.1. The Labute approximate surface area is 343 Å². The first-order valence-corrected chi connectivity index (χ1v) is 20.3. The van der Waals surface area contributed by atoms with E-state index < -0.39 is 35.7 Å². The number of piperidine rings is 1. The molecule has 0 bridgehead atoms. The van der Waals surface area contributed by atoms with Crippen molar-refractivity contribution in [2.45, 2.75) is 56.0 Å². The average Bonchev–Trinajstić information content (AvgIpc) is 3.68. The number of carbonyl (C=O) groups excluding carboxylic acids is 5. The van der Waals surface area contributed by atoms with Crippen LogP contribution in [0.4, 0.5) is 0 Å². The number of nitrogens with one attached hydrogen (secondary N) is 2. The molecule has 4 heterocycles. The van der Waals surface area contributed by atoms with Gasteiger partial charge in [0.15, 0.2) is 5.82 Å². The summed E-state index contributed by atoms with van der Waals surface area (Å²) in [6.45, 7) is 4.00. The third-order valence-corrected chi connectivity index (χ3v) is 11.3. The summed E-state index contributed by atoms with van der Waals surface area (Å²) < 4.78 is 18.9. The summed E-state index contributed by atoms with van der Waals surface area (Å²) in [5.41, 5.74) is 3.74. The Kier molecular flexibility index (Phi) is 13.0. The number of imide groups is 2. The van der Waals surface area contributed by atoms with E-state index >= 15 is 0 Å². The molecule has 58 heavy (non-hydrogen) atoms. The van der Waals surface area contributed by atoms with E-state index in [4.69, 9.17) is 30.8 Å². The number of rotatable bonds is 17. The predicted octanol–water partition coefficient (Wildman–Crippen LogP) is 4.64. The maximum absolute atomic E-state index is 13.3. The monoisotopic (exact) mass is 827 g/mol. The predicted molar refractivity (Wildman–Crippen MR) is 215 cm³/mol. The standard InChI is InChI=1S/C41H42ClN7O8S/c1-24-46-47-38-30(44-37(25-8-10-26(42)11-9-25)29-22-27(55-2)12-13-31(29)48(24)38)23-35(51)43-16-4-17-56-19-20-57-18-5-21-58-33-7-3-6-28-36(33)41(54)49(40(28)53)32-14-15-34(50)45-39(32)52/h3,6-13,22,30,32H,4-5,14-21,23H2,1-2H3,(H,43,51)(H,45,50,52)/t30-,32?/m0/s1. The Bertz CT molecular complexity index is 2260. The van der Waals surface area contributed by atoms with Crippen LogP contribution in [-0.4, -0.2) is 107 Å². The maximum atomic E-state index is 13.3. The van der Waals surface area contributed by atoms with Gasteiger partial charge in [0.05, 0.1) is 49.3 Å². The van der Waals surface area contributed by atoms with Gasteiger partial charge in [-0.1, -0.05) is 29.8 Å². The maximum Gasteiger partial charge on any atom is 0.263 e. The van der Waals surface area contributed by atoms with E-state index in [0.29, 0.717) is 90.2 Å². The SMILES string of the molecule is COc1ccc2c(c1)C(c1ccc(Cl)cc1)=N[C@@H](CC(=O)NCCCOCCOCCCSc1cccc3c1C(=O)N(C1CCC(=O)NC1=O)C3=O)c1nnc(C)n1-2. The molecule has 0 radical (unpaired) electrons. The zero-order valence-electron chi connectivity index (χ0n) is 32.0. The van der Waals surface area contributed by atoms with Gasteiger partial charge in [-0.15, -0.1) is 22.0 Å². The van der Waals surface area contributed by atoms with E-state index in [1.165, 1.54) is 11.8 Å². The highest BCUT2D eigenvalue weighted by molar-refractivity contribution is 7.99. The van der Waals surface area contributed by atoms with Gasteiger partial charge in [-0.3, -0.25) is 43.7 Å². The number of halogens is 1. The van der Waals surface area contributed by atoms with E-state index in [1.54, 1.807) is 37.4 Å². The molecular formula is C41H42ClN7O8S. The lowest BCUT2D eigenvalue weighted by Gasteiger charge is -2.27. The number of aryl methyl sites for hydroxylation is 1. The van der Waals surface area contributed by atoms with Crippen molar-refractivity contribution in [2.24, 2.45) is 4.99 Å². The number of benzene rings is 3. The summed E-state index contributed by atoms with van der Waals surface area (Å²) in [5, 5.41) is 14.6. The molecule has 0 aliphatic carbocycles. The van der Waals surface area contributed by atoms with Crippen molar-refractivity contribution < 1.29 is 38.2 Å². The highest BCUT2D eigenvalue weighted by Gasteiger charge is 2.45. The van der Waals surface area contributed by atoms with Gasteiger partial charge >= 0.3 is 0 Å². The summed E-state index contributed by atoms with van der Waals surface area (Å²) in [6.07, 6.45) is 1.55. The van der Waals surface area contributed by atoms with Crippen molar-refractivity contribution in [3.63, 3.8) is 0 Å². The number of thioether (sulfide) groups is 1. The largest absolute Gasteiger partial charge is 0.497 e. The molecule has 3 aliphatic heterocycles. The second kappa shape index (κ2) is 18.4. The van der Waals surface area contributed by atoms with E-state index in [0.717, 1.165) is 21.7 Å². The molecule has 1 aromatic heterocycles. The van der Waals surface area contributed by atoms with Crippen LogP contribution in [0.25, 0.3) is 5.69 Å². The smallest absolute Gasteiger partial charge is 0.263 e. The molecule has 5 amide bonds. The number of hydrogen-bond donors (Lipinski definition) is 2. The van der Waals surface area contributed by atoms with Gasteiger partial charge in [0.25, 0.3) is 11.8 Å². The van der Waals surface area contributed by atoms with Crippen LogP contribution in [0, 0.1) is 6.92 Å². The van der Waals surface area contributed by atoms with Crippen molar-refractivity contribution in [2.75, 3.05) is 45.8 Å². The molecular weight excluding hydrogens is 786 g/mol. The van der Waals surface area contributed by atoms with Crippen LogP contribution >= 0.6 is 23.4 Å². The molecule has 3 aromatic carbocycles. The molecule has 2 atom stereocenters. The van der Waals surface area contributed by atoms with Crippen molar-refractivity contribution in [1.82, 2.24) is 30.3 Å². The Balaban J connectivity index is 0.825. The Hall–Kier alpha value is -5.42. The molecule has 0 spiro atoms. The summed E-state index contributed by atoms with van der Waals surface area (Å²) in [6, 6.07) is 16.6. The third kappa shape index (κ3) is 8.84. The minimum atomic E-state index is -1.00. The van der Waals surface area contributed by atoms with Crippen LogP contribution in [0.1, 0.15) is 81.6 Å². The minimum Gasteiger partial charge on any atom is -0.497 e.